The Morgan fingerprint density at radius 1 is 0.943 bits per heavy atom. The fraction of sp³-hybridized carbons (Fsp3) is 0.310. The lowest BCUT2D eigenvalue weighted by Gasteiger charge is -2.25. The van der Waals surface area contributed by atoms with Crippen molar-refractivity contribution in [3.8, 4) is 11.1 Å². The van der Waals surface area contributed by atoms with E-state index < -0.39 is 11.9 Å². The molecule has 0 aliphatic rings. The molecule has 3 aromatic rings. The Hall–Kier alpha value is -2.69. The average molecular weight is 515 g/mol. The van der Waals surface area contributed by atoms with Crippen LogP contribution in [0.25, 0.3) is 11.1 Å². The van der Waals surface area contributed by atoms with Gasteiger partial charge in [0.05, 0.1) is 16.0 Å². The van der Waals surface area contributed by atoms with Crippen LogP contribution in [0.4, 0.5) is 4.39 Å². The molecule has 0 saturated carbocycles. The van der Waals surface area contributed by atoms with Gasteiger partial charge in [0.1, 0.15) is 11.6 Å². The lowest BCUT2D eigenvalue weighted by atomic mass is 9.79. The van der Waals surface area contributed by atoms with Crippen molar-refractivity contribution >= 4 is 35.0 Å². The maximum atomic E-state index is 15.2. The van der Waals surface area contributed by atoms with Gasteiger partial charge in [0.2, 0.25) is 0 Å². The molecule has 0 unspecified atom stereocenters. The minimum absolute atomic E-state index is 0.00300. The molecule has 0 spiro atoms. The van der Waals surface area contributed by atoms with E-state index in [-0.39, 0.29) is 36.3 Å². The van der Waals surface area contributed by atoms with E-state index in [0.29, 0.717) is 28.5 Å². The number of hydrogen-bond acceptors (Lipinski definition) is 2. The van der Waals surface area contributed by atoms with E-state index in [1.54, 1.807) is 25.1 Å². The number of halogens is 3. The van der Waals surface area contributed by atoms with Crippen LogP contribution >= 0.6 is 23.2 Å². The van der Waals surface area contributed by atoms with Crippen LogP contribution in [-0.2, 0) is 16.0 Å². The van der Waals surface area contributed by atoms with Gasteiger partial charge in [-0.05, 0) is 59.6 Å². The molecule has 0 fully saturated rings. The van der Waals surface area contributed by atoms with Gasteiger partial charge in [-0.15, -0.1) is 0 Å². The first-order valence-electron chi connectivity index (χ1n) is 11.7. The van der Waals surface area contributed by atoms with Crippen molar-refractivity contribution < 1.29 is 19.1 Å². The van der Waals surface area contributed by atoms with E-state index in [1.165, 1.54) is 6.07 Å². The minimum Gasteiger partial charge on any atom is -0.481 e. The predicted molar refractivity (Wildman–Crippen MR) is 140 cm³/mol. The summed E-state index contributed by atoms with van der Waals surface area (Å²) in [7, 11) is 0. The summed E-state index contributed by atoms with van der Waals surface area (Å²) in [4.78, 5) is 24.1. The summed E-state index contributed by atoms with van der Waals surface area (Å²) in [6, 6.07) is 19.9. The van der Waals surface area contributed by atoms with Crippen LogP contribution in [0.3, 0.4) is 0 Å². The molecule has 0 radical (unpaired) electrons. The normalized spacial score (nSPS) is 13.7. The average Bonchev–Trinajstić information content (AvgIpc) is 2.83. The summed E-state index contributed by atoms with van der Waals surface area (Å²) in [5, 5.41) is 10.2. The number of carbonyl (C=O) groups is 2. The molecule has 1 N–H and O–H groups in total. The number of hydrogen-bond donors (Lipinski definition) is 1. The zero-order valence-corrected chi connectivity index (χ0v) is 21.3. The number of Topliss-reactive ketones (excluding diaryl/α,β-unsaturated/α-hetero) is 1. The van der Waals surface area contributed by atoms with E-state index in [4.69, 9.17) is 23.2 Å². The molecular formula is C29H29Cl2FO3. The van der Waals surface area contributed by atoms with Gasteiger partial charge in [-0.2, -0.15) is 0 Å². The number of rotatable bonds is 11. The minimum atomic E-state index is -0.959. The summed E-state index contributed by atoms with van der Waals surface area (Å²) in [6.07, 6.45) is 1.13. The third-order valence-electron chi connectivity index (χ3n) is 6.50. The van der Waals surface area contributed by atoms with Gasteiger partial charge in [0.15, 0.2) is 0 Å². The second kappa shape index (κ2) is 12.3. The van der Waals surface area contributed by atoms with Gasteiger partial charge in [0.25, 0.3) is 0 Å². The highest BCUT2D eigenvalue weighted by Crippen LogP contribution is 2.35. The van der Waals surface area contributed by atoms with Crippen LogP contribution in [0.15, 0.2) is 66.7 Å². The molecule has 0 aliphatic carbocycles. The summed E-state index contributed by atoms with van der Waals surface area (Å²) in [5.74, 6) is -2.41. The van der Waals surface area contributed by atoms with Crippen LogP contribution in [0, 0.1) is 17.7 Å². The molecule has 0 aliphatic heterocycles. The number of ketones is 1. The molecule has 3 rings (SSSR count). The van der Waals surface area contributed by atoms with Gasteiger partial charge >= 0.3 is 5.97 Å². The van der Waals surface area contributed by atoms with Crippen LogP contribution in [0.1, 0.15) is 50.2 Å². The lowest BCUT2D eigenvalue weighted by molar-refractivity contribution is -0.144. The molecule has 184 valence electrons. The lowest BCUT2D eigenvalue weighted by Crippen LogP contribution is -2.21. The van der Waals surface area contributed by atoms with Gasteiger partial charge < -0.3 is 5.11 Å². The number of carboxylic acids is 1. The second-order valence-electron chi connectivity index (χ2n) is 9.03. The van der Waals surface area contributed by atoms with Crippen LogP contribution in [0.2, 0.25) is 10.0 Å². The maximum Gasteiger partial charge on any atom is 0.306 e. The molecule has 3 nitrogen and oxygen atoms in total. The monoisotopic (exact) mass is 514 g/mol. The van der Waals surface area contributed by atoms with Crippen molar-refractivity contribution in [1.29, 1.82) is 0 Å². The zero-order chi connectivity index (χ0) is 25.5. The molecule has 0 heterocycles. The Kier molecular flexibility index (Phi) is 9.47. The first-order valence-corrected chi connectivity index (χ1v) is 12.5. The van der Waals surface area contributed by atoms with Crippen molar-refractivity contribution in [2.75, 3.05) is 0 Å². The van der Waals surface area contributed by atoms with Crippen LogP contribution < -0.4 is 0 Å². The number of carboxylic acid groups (broad SMARTS) is 1. The molecule has 0 amide bonds. The first-order chi connectivity index (χ1) is 16.7. The fourth-order valence-corrected chi connectivity index (χ4v) is 4.77. The Morgan fingerprint density at radius 2 is 1.66 bits per heavy atom. The van der Waals surface area contributed by atoms with Crippen molar-refractivity contribution in [2.24, 2.45) is 11.8 Å². The van der Waals surface area contributed by atoms with Crippen molar-refractivity contribution in [1.82, 2.24) is 0 Å². The smallest absolute Gasteiger partial charge is 0.306 e. The zero-order valence-electron chi connectivity index (χ0n) is 19.8. The molecule has 0 bridgehead atoms. The third kappa shape index (κ3) is 7.16. The van der Waals surface area contributed by atoms with Crippen LogP contribution in [-0.4, -0.2) is 16.9 Å². The van der Waals surface area contributed by atoms with Crippen molar-refractivity contribution in [3.05, 3.63) is 93.7 Å². The number of benzene rings is 3. The van der Waals surface area contributed by atoms with Gasteiger partial charge in [-0.1, -0.05) is 85.6 Å². The molecule has 3 atom stereocenters. The van der Waals surface area contributed by atoms with E-state index >= 15 is 4.39 Å². The first kappa shape index (κ1) is 26.9. The standard InChI is InChI=1S/C29H29Cl2FO3/c1-3-20(29(34)35)16-23(33)13-18(2)25(14-19-9-12-26(30)27(31)15-19)22-10-11-24(28(32)17-22)21-7-5-4-6-8-21/h4-12,15,17-18,20,25H,3,13-14,16H2,1-2H3,(H,34,35)/t18-,20-,25-/m1/s1. The molecular weight excluding hydrogens is 486 g/mol. The molecule has 0 aromatic heterocycles. The van der Waals surface area contributed by atoms with Gasteiger partial charge in [-0.25, -0.2) is 4.39 Å². The Labute approximate surface area is 215 Å². The molecule has 6 heteroatoms. The number of carbonyl (C=O) groups excluding carboxylic acids is 1. The Morgan fingerprint density at radius 3 is 2.26 bits per heavy atom. The van der Waals surface area contributed by atoms with Crippen molar-refractivity contribution in [2.45, 2.75) is 45.4 Å². The van der Waals surface area contributed by atoms with Crippen LogP contribution in [0.5, 0.6) is 0 Å². The third-order valence-corrected chi connectivity index (χ3v) is 7.24. The maximum absolute atomic E-state index is 15.2. The molecule has 3 aromatic carbocycles. The van der Waals surface area contributed by atoms with Gasteiger partial charge in [-0.3, -0.25) is 9.59 Å². The number of aliphatic carboxylic acids is 1. The van der Waals surface area contributed by atoms with E-state index in [1.807, 2.05) is 49.4 Å². The quantitative estimate of drug-likeness (QED) is 0.280. The van der Waals surface area contributed by atoms with E-state index in [9.17, 15) is 14.7 Å². The highest BCUT2D eigenvalue weighted by Gasteiger charge is 2.26. The molecule has 0 saturated heterocycles. The summed E-state index contributed by atoms with van der Waals surface area (Å²) >= 11 is 12.3. The topological polar surface area (TPSA) is 54.4 Å². The van der Waals surface area contributed by atoms with E-state index in [0.717, 1.165) is 16.7 Å². The second-order valence-corrected chi connectivity index (χ2v) is 9.85. The summed E-state index contributed by atoms with van der Waals surface area (Å²) < 4.78 is 15.2. The van der Waals surface area contributed by atoms with Crippen molar-refractivity contribution in [3.63, 3.8) is 0 Å². The Bertz CT molecular complexity index is 1180. The largest absolute Gasteiger partial charge is 0.481 e. The highest BCUT2D eigenvalue weighted by atomic mass is 35.5. The summed E-state index contributed by atoms with van der Waals surface area (Å²) in [6.45, 7) is 3.71. The summed E-state index contributed by atoms with van der Waals surface area (Å²) in [5.41, 5.74) is 3.01. The predicted octanol–water partition coefficient (Wildman–Crippen LogP) is 8.22. The SMILES string of the molecule is CC[C@H](CC(=O)C[C@@H](C)[C@@H](Cc1ccc(Cl)c(Cl)c1)c1ccc(-c2ccccc2)c(F)c1)C(=O)O. The highest BCUT2D eigenvalue weighted by molar-refractivity contribution is 6.42. The molecule has 35 heavy (non-hydrogen) atoms. The fourth-order valence-electron chi connectivity index (χ4n) is 4.45. The Balaban J connectivity index is 1.90. The van der Waals surface area contributed by atoms with E-state index in [2.05, 4.69) is 0 Å². The van der Waals surface area contributed by atoms with Gasteiger partial charge in [0, 0.05) is 18.4 Å².